The number of aromatic nitrogens is 2. The summed E-state index contributed by atoms with van der Waals surface area (Å²) in [5, 5.41) is 13.2. The van der Waals surface area contributed by atoms with E-state index < -0.39 is 41.9 Å². The highest BCUT2D eigenvalue weighted by molar-refractivity contribution is 5.68. The van der Waals surface area contributed by atoms with Crippen LogP contribution in [0.1, 0.15) is 43.3 Å². The normalized spacial score (nSPS) is 13.0. The summed E-state index contributed by atoms with van der Waals surface area (Å²) in [6.07, 6.45) is -5.92. The van der Waals surface area contributed by atoms with Crippen LogP contribution in [0.3, 0.4) is 0 Å². The summed E-state index contributed by atoms with van der Waals surface area (Å²) in [5.41, 5.74) is -0.981. The number of rotatable bonds is 11. The van der Waals surface area contributed by atoms with Gasteiger partial charge in [-0.15, -0.1) is 13.2 Å². The molecule has 0 amide bonds. The maximum atomic E-state index is 13.5. The van der Waals surface area contributed by atoms with E-state index in [4.69, 9.17) is 14.6 Å². The maximum Gasteiger partial charge on any atom is 0.573 e. The number of hydrogen-bond donors (Lipinski definition) is 1. The highest BCUT2D eigenvalue weighted by atomic mass is 19.4. The average molecular weight is 599 g/mol. The lowest BCUT2D eigenvalue weighted by molar-refractivity contribution is -0.303. The summed E-state index contributed by atoms with van der Waals surface area (Å²) in [6, 6.07) is 10.6. The van der Waals surface area contributed by atoms with Gasteiger partial charge in [0.25, 0.3) is 0 Å². The van der Waals surface area contributed by atoms with Crippen molar-refractivity contribution in [1.82, 2.24) is 9.78 Å². The van der Waals surface area contributed by atoms with E-state index in [1.54, 1.807) is 32.9 Å². The molecule has 0 saturated heterocycles. The first-order valence-corrected chi connectivity index (χ1v) is 12.4. The van der Waals surface area contributed by atoms with Crippen molar-refractivity contribution in [2.24, 2.45) is 0 Å². The Morgan fingerprint density at radius 3 is 2.33 bits per heavy atom. The van der Waals surface area contributed by atoms with Crippen molar-refractivity contribution in [2.75, 3.05) is 6.61 Å². The summed E-state index contributed by atoms with van der Waals surface area (Å²) in [6.45, 7) is 5.67. The quantitative estimate of drug-likeness (QED) is 0.140. The van der Waals surface area contributed by atoms with Crippen LogP contribution in [0.2, 0.25) is 0 Å². The fraction of sp³-hybridized carbons (Fsp3) is 0.310. The first kappa shape index (κ1) is 32.1. The van der Waals surface area contributed by atoms with Gasteiger partial charge in [-0.1, -0.05) is 26.0 Å². The third-order valence-electron chi connectivity index (χ3n) is 5.79. The molecule has 0 aliphatic carbocycles. The van der Waals surface area contributed by atoms with Crippen LogP contribution in [-0.4, -0.2) is 33.8 Å². The topological polar surface area (TPSA) is 82.8 Å². The summed E-state index contributed by atoms with van der Waals surface area (Å²) in [4.78, 5) is 10.8. The Morgan fingerprint density at radius 1 is 1.02 bits per heavy atom. The Bertz CT molecular complexity index is 1470. The summed E-state index contributed by atoms with van der Waals surface area (Å²) in [5.74, 6) is -0.932. The van der Waals surface area contributed by atoms with Crippen LogP contribution in [0, 0.1) is 6.92 Å². The van der Waals surface area contributed by atoms with Gasteiger partial charge in [0, 0.05) is 5.41 Å². The van der Waals surface area contributed by atoms with E-state index in [1.807, 2.05) is 0 Å². The van der Waals surface area contributed by atoms with Gasteiger partial charge < -0.3 is 19.3 Å². The molecule has 0 unspecified atom stereocenters. The number of allylic oxidation sites excluding steroid dienone is 3. The lowest BCUT2D eigenvalue weighted by Gasteiger charge is -2.24. The number of benzene rings is 2. The van der Waals surface area contributed by atoms with Crippen LogP contribution in [0.4, 0.5) is 26.3 Å². The van der Waals surface area contributed by atoms with E-state index in [0.29, 0.717) is 17.1 Å². The van der Waals surface area contributed by atoms with Crippen molar-refractivity contribution in [3.8, 4) is 17.2 Å². The zero-order chi connectivity index (χ0) is 31.3. The molecule has 3 aromatic rings. The maximum absolute atomic E-state index is 13.5. The first-order valence-electron chi connectivity index (χ1n) is 12.4. The number of ether oxygens (including phenoxy) is 3. The fourth-order valence-electron chi connectivity index (χ4n) is 3.98. The predicted molar refractivity (Wildman–Crippen MR) is 140 cm³/mol. The second kappa shape index (κ2) is 12.6. The fourth-order valence-corrected chi connectivity index (χ4v) is 3.98. The number of hydrogen-bond acceptors (Lipinski definition) is 5. The molecule has 0 bridgehead atoms. The molecule has 0 saturated carbocycles. The van der Waals surface area contributed by atoms with Gasteiger partial charge in [-0.3, -0.25) is 0 Å². The van der Waals surface area contributed by atoms with Gasteiger partial charge >= 0.3 is 18.5 Å². The molecule has 0 radical (unpaired) electrons. The van der Waals surface area contributed by atoms with Crippen molar-refractivity contribution < 1.29 is 50.5 Å². The number of nitrogens with zero attached hydrogens (tertiary/aromatic N) is 2. The van der Waals surface area contributed by atoms with E-state index in [0.717, 1.165) is 18.2 Å². The molecule has 3 rings (SSSR count). The molecule has 0 aliphatic heterocycles. The van der Waals surface area contributed by atoms with Gasteiger partial charge in [0.2, 0.25) is 0 Å². The molecular formula is C29H28F6N2O5. The Balaban J connectivity index is 2.02. The van der Waals surface area contributed by atoms with Crippen molar-refractivity contribution in [2.45, 2.75) is 52.3 Å². The summed E-state index contributed by atoms with van der Waals surface area (Å²) >= 11 is 0. The molecule has 226 valence electrons. The van der Waals surface area contributed by atoms with E-state index in [-0.39, 0.29) is 23.7 Å². The number of aliphatic carboxylic acids is 1. The Hall–Kier alpha value is -4.42. The van der Waals surface area contributed by atoms with Gasteiger partial charge in [-0.05, 0) is 74.0 Å². The SMILES string of the molecule is C/C=C\C(=C/C(C)(C)c1cc(COc2ccc(OCC(=O)O)c(C)c2)nn1-c1cccc(C(F)(F)F)c1)OC(F)(F)F. The lowest BCUT2D eigenvalue weighted by Crippen LogP contribution is -2.22. The average Bonchev–Trinajstić information content (AvgIpc) is 3.31. The van der Waals surface area contributed by atoms with Gasteiger partial charge in [0.05, 0.1) is 16.9 Å². The standard InChI is InChI=1S/C29H28F6N2O5/c1-5-7-23(42-29(33,34)35)15-27(3,4)25-14-20(36-37(25)21-9-6-8-19(13-21)28(30,31)32)16-40-22-10-11-24(18(2)12-22)41-17-26(38)39/h5-15H,16-17H2,1-4H3,(H,38,39)/b7-5-,23-15+. The molecular weight excluding hydrogens is 570 g/mol. The highest BCUT2D eigenvalue weighted by Gasteiger charge is 2.34. The van der Waals surface area contributed by atoms with Crippen LogP contribution in [-0.2, 0) is 27.7 Å². The molecule has 7 nitrogen and oxygen atoms in total. The van der Waals surface area contributed by atoms with Gasteiger partial charge in [0.1, 0.15) is 29.6 Å². The molecule has 1 N–H and O–H groups in total. The molecule has 2 aromatic carbocycles. The molecule has 0 spiro atoms. The number of carboxylic acid groups (broad SMARTS) is 1. The molecule has 0 aliphatic rings. The summed E-state index contributed by atoms with van der Waals surface area (Å²) in [7, 11) is 0. The Kier molecular flexibility index (Phi) is 9.64. The molecule has 0 fully saturated rings. The van der Waals surface area contributed by atoms with Crippen molar-refractivity contribution in [3.63, 3.8) is 0 Å². The van der Waals surface area contributed by atoms with Crippen molar-refractivity contribution in [1.29, 1.82) is 0 Å². The third-order valence-corrected chi connectivity index (χ3v) is 5.79. The zero-order valence-corrected chi connectivity index (χ0v) is 23.0. The number of alkyl halides is 6. The Morgan fingerprint density at radius 2 is 1.74 bits per heavy atom. The molecule has 1 aromatic heterocycles. The largest absolute Gasteiger partial charge is 0.573 e. The minimum absolute atomic E-state index is 0.0349. The van der Waals surface area contributed by atoms with E-state index >= 15 is 0 Å². The van der Waals surface area contributed by atoms with Gasteiger partial charge in [0.15, 0.2) is 6.61 Å². The molecule has 0 atom stereocenters. The second-order valence-electron chi connectivity index (χ2n) is 9.70. The van der Waals surface area contributed by atoms with E-state index in [9.17, 15) is 31.1 Å². The number of carbonyl (C=O) groups is 1. The van der Waals surface area contributed by atoms with Crippen LogP contribution in [0.15, 0.2) is 72.5 Å². The highest BCUT2D eigenvalue weighted by Crippen LogP contribution is 2.34. The van der Waals surface area contributed by atoms with Crippen molar-refractivity contribution >= 4 is 5.97 Å². The van der Waals surface area contributed by atoms with Crippen LogP contribution in [0.25, 0.3) is 5.69 Å². The van der Waals surface area contributed by atoms with Crippen LogP contribution in [0.5, 0.6) is 11.5 Å². The minimum atomic E-state index is -4.96. The smallest absolute Gasteiger partial charge is 0.487 e. The molecule has 42 heavy (non-hydrogen) atoms. The van der Waals surface area contributed by atoms with E-state index in [2.05, 4.69) is 9.84 Å². The molecule has 13 heteroatoms. The van der Waals surface area contributed by atoms with Crippen LogP contribution >= 0.6 is 0 Å². The number of carboxylic acids is 1. The zero-order valence-electron chi connectivity index (χ0n) is 23.0. The number of aryl methyl sites for hydroxylation is 1. The van der Waals surface area contributed by atoms with E-state index in [1.165, 1.54) is 48.0 Å². The third kappa shape index (κ3) is 8.79. The van der Waals surface area contributed by atoms with Crippen molar-refractivity contribution in [3.05, 3.63) is 95.0 Å². The lowest BCUT2D eigenvalue weighted by atomic mass is 9.87. The van der Waals surface area contributed by atoms with Gasteiger partial charge in [-0.2, -0.15) is 18.3 Å². The summed E-state index contributed by atoms with van der Waals surface area (Å²) < 4.78 is 95.9. The molecule has 1 heterocycles. The first-order chi connectivity index (χ1) is 19.5. The van der Waals surface area contributed by atoms with Gasteiger partial charge in [-0.25, -0.2) is 9.48 Å². The van der Waals surface area contributed by atoms with Crippen LogP contribution < -0.4 is 9.47 Å². The Labute approximate surface area is 237 Å². The second-order valence-corrected chi connectivity index (χ2v) is 9.70. The predicted octanol–water partition coefficient (Wildman–Crippen LogP) is 7.52. The number of halogens is 6. The monoisotopic (exact) mass is 598 g/mol. The minimum Gasteiger partial charge on any atom is -0.487 e.